The van der Waals surface area contributed by atoms with E-state index < -0.39 is 0 Å². The van der Waals surface area contributed by atoms with Gasteiger partial charge in [-0.25, -0.2) is 4.79 Å². The number of hydrogen-bond acceptors (Lipinski definition) is 6. The lowest BCUT2D eigenvalue weighted by Crippen LogP contribution is -2.67. The topological polar surface area (TPSA) is 109 Å². The van der Waals surface area contributed by atoms with Gasteiger partial charge in [0.25, 0.3) is 0 Å². The first-order chi connectivity index (χ1) is 12.1. The normalized spacial score (nSPS) is 25.9. The molecule has 3 rings (SSSR count). The number of benzene rings is 1. The van der Waals surface area contributed by atoms with E-state index in [1.165, 1.54) is 11.1 Å². The molecule has 2 aliphatic heterocycles. The van der Waals surface area contributed by atoms with Crippen LogP contribution in [0.3, 0.4) is 0 Å². The third-order valence-corrected chi connectivity index (χ3v) is 4.54. The number of carbonyl (C=O) groups is 1. The van der Waals surface area contributed by atoms with Crippen LogP contribution < -0.4 is 31.9 Å². The molecule has 1 aromatic carbocycles. The second kappa shape index (κ2) is 8.59. The van der Waals surface area contributed by atoms with Crippen molar-refractivity contribution in [2.45, 2.75) is 44.8 Å². The van der Waals surface area contributed by atoms with Crippen molar-refractivity contribution in [2.24, 2.45) is 0 Å². The highest BCUT2D eigenvalue weighted by atomic mass is 16.3. The number of carbonyl (C=O) groups excluding carboxylic acids is 1. The lowest BCUT2D eigenvalue weighted by molar-refractivity contribution is 0.185. The Hall–Kier alpha value is -1.71. The van der Waals surface area contributed by atoms with Gasteiger partial charge in [-0.3, -0.25) is 16.0 Å². The van der Waals surface area contributed by atoms with E-state index in [4.69, 9.17) is 5.11 Å². The van der Waals surface area contributed by atoms with Gasteiger partial charge in [-0.2, -0.15) is 0 Å². The summed E-state index contributed by atoms with van der Waals surface area (Å²) in [5.41, 5.74) is 3.38. The van der Waals surface area contributed by atoms with Crippen LogP contribution in [0.1, 0.15) is 24.5 Å². The van der Waals surface area contributed by atoms with Crippen LogP contribution in [0.15, 0.2) is 18.2 Å². The average molecular weight is 348 g/mol. The molecule has 138 valence electrons. The molecule has 2 heterocycles. The number of fused-ring (bicyclic) bond motifs is 1. The highest BCUT2D eigenvalue weighted by Gasteiger charge is 2.25. The lowest BCUT2D eigenvalue weighted by atomic mass is 10.0. The third kappa shape index (κ3) is 5.13. The van der Waals surface area contributed by atoms with Crippen molar-refractivity contribution in [3.05, 3.63) is 29.3 Å². The molecule has 2 aliphatic rings. The number of hydrogen-bond donors (Lipinski definition) is 7. The molecule has 0 saturated carbocycles. The van der Waals surface area contributed by atoms with E-state index in [-0.39, 0.29) is 31.1 Å². The number of aliphatic hydroxyl groups excluding tert-OH is 1. The van der Waals surface area contributed by atoms with Gasteiger partial charge in [0.05, 0.1) is 12.8 Å². The van der Waals surface area contributed by atoms with Crippen LogP contribution in [0.4, 0.5) is 10.5 Å². The zero-order chi connectivity index (χ0) is 17.6. The summed E-state index contributed by atoms with van der Waals surface area (Å²) in [6, 6.07) is 6.03. The summed E-state index contributed by atoms with van der Waals surface area (Å²) < 4.78 is 0. The monoisotopic (exact) mass is 348 g/mol. The maximum absolute atomic E-state index is 12.3. The van der Waals surface area contributed by atoms with Crippen LogP contribution >= 0.6 is 0 Å². The highest BCUT2D eigenvalue weighted by molar-refractivity contribution is 5.89. The average Bonchev–Trinajstić information content (AvgIpc) is 2.59. The minimum atomic E-state index is -0.332. The molecule has 0 bridgehead atoms. The maximum Gasteiger partial charge on any atom is 0.321 e. The third-order valence-electron chi connectivity index (χ3n) is 4.54. The largest absolute Gasteiger partial charge is 0.395 e. The molecule has 1 fully saturated rings. The lowest BCUT2D eigenvalue weighted by Gasteiger charge is -2.36. The predicted octanol–water partition coefficient (Wildman–Crippen LogP) is -0.383. The van der Waals surface area contributed by atoms with Crippen molar-refractivity contribution in [3.63, 3.8) is 0 Å². The molecule has 3 unspecified atom stereocenters. The van der Waals surface area contributed by atoms with Crippen molar-refractivity contribution in [3.8, 4) is 0 Å². The Balaban J connectivity index is 1.53. The molecular weight excluding hydrogens is 320 g/mol. The molecule has 1 saturated heterocycles. The quantitative estimate of drug-likeness (QED) is 0.391. The van der Waals surface area contributed by atoms with Gasteiger partial charge in [-0.05, 0) is 49.6 Å². The highest BCUT2D eigenvalue weighted by Crippen LogP contribution is 2.19. The number of rotatable bonds is 5. The van der Waals surface area contributed by atoms with Gasteiger partial charge in [0.15, 0.2) is 0 Å². The summed E-state index contributed by atoms with van der Waals surface area (Å²) in [6.45, 7) is 4.54. The molecule has 8 nitrogen and oxygen atoms in total. The van der Waals surface area contributed by atoms with Gasteiger partial charge in [0.1, 0.15) is 6.29 Å². The Morgan fingerprint density at radius 2 is 2.20 bits per heavy atom. The summed E-state index contributed by atoms with van der Waals surface area (Å²) in [5, 5.41) is 27.8. The fourth-order valence-corrected chi connectivity index (χ4v) is 3.34. The Kier molecular flexibility index (Phi) is 6.22. The molecule has 3 atom stereocenters. The Labute approximate surface area is 148 Å². The van der Waals surface area contributed by atoms with Gasteiger partial charge >= 0.3 is 6.03 Å². The van der Waals surface area contributed by atoms with Gasteiger partial charge < -0.3 is 21.1 Å². The molecular formula is C17H28N6O2. The van der Waals surface area contributed by atoms with Crippen LogP contribution in [0, 0.1) is 0 Å². The van der Waals surface area contributed by atoms with Crippen molar-refractivity contribution < 1.29 is 9.90 Å². The van der Waals surface area contributed by atoms with Crippen molar-refractivity contribution >= 4 is 11.7 Å². The summed E-state index contributed by atoms with van der Waals surface area (Å²) in [6.07, 6.45) is 1.57. The van der Waals surface area contributed by atoms with Crippen molar-refractivity contribution in [1.82, 2.24) is 26.6 Å². The Morgan fingerprint density at radius 1 is 1.32 bits per heavy atom. The Bertz CT molecular complexity index is 597. The second-order valence-electron chi connectivity index (χ2n) is 6.64. The second-order valence-corrected chi connectivity index (χ2v) is 6.64. The molecule has 7 N–H and O–H groups in total. The molecule has 2 amide bonds. The summed E-state index contributed by atoms with van der Waals surface area (Å²) in [7, 11) is 0. The number of urea groups is 1. The minimum Gasteiger partial charge on any atom is -0.395 e. The predicted molar refractivity (Wildman–Crippen MR) is 97.0 cm³/mol. The SMILES string of the molecule is CC1CC(NCCO)NC(NC(=O)Nc2ccc3c(c2)CCNC3)N1. The van der Waals surface area contributed by atoms with Crippen molar-refractivity contribution in [2.75, 3.05) is 25.0 Å². The molecule has 0 aliphatic carbocycles. The van der Waals surface area contributed by atoms with Gasteiger partial charge in [-0.15, -0.1) is 0 Å². The molecule has 0 aromatic heterocycles. The van der Waals surface area contributed by atoms with Gasteiger partial charge in [-0.1, -0.05) is 6.07 Å². The van der Waals surface area contributed by atoms with E-state index in [1.807, 2.05) is 12.1 Å². The van der Waals surface area contributed by atoms with Crippen molar-refractivity contribution in [1.29, 1.82) is 0 Å². The molecule has 0 spiro atoms. The molecule has 8 heteroatoms. The first-order valence-electron chi connectivity index (χ1n) is 8.90. The smallest absolute Gasteiger partial charge is 0.321 e. The summed E-state index contributed by atoms with van der Waals surface area (Å²) in [4.78, 5) is 12.3. The van der Waals surface area contributed by atoms with Gasteiger partial charge in [0.2, 0.25) is 0 Å². The number of aliphatic hydroxyl groups is 1. The zero-order valence-electron chi connectivity index (χ0n) is 14.6. The van der Waals surface area contributed by atoms with Crippen LogP contribution in [0.25, 0.3) is 0 Å². The van der Waals surface area contributed by atoms with Crippen LogP contribution in [0.5, 0.6) is 0 Å². The van der Waals surface area contributed by atoms with Crippen LogP contribution in [-0.4, -0.2) is 49.3 Å². The standard InChI is InChI=1S/C17H28N6O2/c1-11-8-15(19-6-7-24)22-16(20-11)23-17(25)21-14-3-2-13-10-18-5-4-12(13)9-14/h2-3,9,11,15-16,18-20,22,24H,4-8,10H2,1H3,(H2,21,23,25). The number of nitrogens with one attached hydrogen (secondary N) is 6. The number of anilines is 1. The van der Waals surface area contributed by atoms with E-state index in [0.29, 0.717) is 6.54 Å². The van der Waals surface area contributed by atoms with Gasteiger partial charge in [0, 0.05) is 24.8 Å². The maximum atomic E-state index is 12.3. The minimum absolute atomic E-state index is 0.0462. The fraction of sp³-hybridized carbons (Fsp3) is 0.588. The first kappa shape index (κ1) is 18.1. The Morgan fingerprint density at radius 3 is 3.04 bits per heavy atom. The zero-order valence-corrected chi connectivity index (χ0v) is 14.6. The molecule has 25 heavy (non-hydrogen) atoms. The first-order valence-corrected chi connectivity index (χ1v) is 8.90. The summed E-state index contributed by atoms with van der Waals surface area (Å²) in [5.74, 6) is 0. The summed E-state index contributed by atoms with van der Waals surface area (Å²) >= 11 is 0. The fourth-order valence-electron chi connectivity index (χ4n) is 3.34. The molecule has 0 radical (unpaired) electrons. The van der Waals surface area contributed by atoms with Crippen LogP contribution in [0.2, 0.25) is 0 Å². The van der Waals surface area contributed by atoms with E-state index in [9.17, 15) is 4.79 Å². The van der Waals surface area contributed by atoms with E-state index in [2.05, 4.69) is 44.9 Å². The van der Waals surface area contributed by atoms with E-state index in [0.717, 1.165) is 31.6 Å². The van der Waals surface area contributed by atoms with E-state index in [1.54, 1.807) is 0 Å². The molecule has 1 aromatic rings. The van der Waals surface area contributed by atoms with E-state index >= 15 is 0 Å². The number of amides is 2. The van der Waals surface area contributed by atoms with Crippen LogP contribution in [-0.2, 0) is 13.0 Å².